The predicted octanol–water partition coefficient (Wildman–Crippen LogP) is 3.15. The molecule has 0 fully saturated rings. The molecule has 0 aliphatic carbocycles. The van der Waals surface area contributed by atoms with Crippen LogP contribution in [0.4, 0.5) is 0 Å². The van der Waals surface area contributed by atoms with Crippen molar-refractivity contribution in [2.24, 2.45) is 0 Å². The van der Waals surface area contributed by atoms with E-state index in [1.165, 1.54) is 5.56 Å². The van der Waals surface area contributed by atoms with Gasteiger partial charge in [-0.05, 0) is 24.3 Å². The van der Waals surface area contributed by atoms with Crippen molar-refractivity contribution >= 4 is 17.7 Å². The molecule has 0 saturated heterocycles. The van der Waals surface area contributed by atoms with Crippen molar-refractivity contribution < 1.29 is 4.79 Å². The average Bonchev–Trinajstić information content (AvgIpc) is 3.03. The fourth-order valence-electron chi connectivity index (χ4n) is 3.07. The number of nitrogens with zero attached hydrogens (tertiary/aromatic N) is 2. The first-order chi connectivity index (χ1) is 12.5. The molecule has 0 bridgehead atoms. The number of aryl methyl sites for hydroxylation is 1. The highest BCUT2D eigenvalue weighted by Gasteiger charge is 2.27. The Hall–Kier alpha value is -2.08. The molecule has 1 aromatic heterocycles. The predicted molar refractivity (Wildman–Crippen MR) is 105 cm³/mol. The lowest BCUT2D eigenvalue weighted by Gasteiger charge is -2.14. The summed E-state index contributed by atoms with van der Waals surface area (Å²) in [6, 6.07) is 11.7. The minimum atomic E-state index is -0.106. The van der Waals surface area contributed by atoms with Crippen molar-refractivity contribution in [3.8, 4) is 0 Å². The lowest BCUT2D eigenvalue weighted by atomic mass is 10.1. The van der Waals surface area contributed by atoms with Gasteiger partial charge in [0.25, 0.3) is 5.56 Å². The molecular weight excluding hydrogens is 346 g/mol. The van der Waals surface area contributed by atoms with Gasteiger partial charge in [0.15, 0.2) is 5.16 Å². The van der Waals surface area contributed by atoms with Gasteiger partial charge >= 0.3 is 0 Å². The van der Waals surface area contributed by atoms with Crippen LogP contribution in [0.3, 0.4) is 0 Å². The van der Waals surface area contributed by atoms with Crippen LogP contribution in [0.5, 0.6) is 0 Å². The molecule has 1 aromatic carbocycles. The van der Waals surface area contributed by atoms with Gasteiger partial charge in [-0.25, -0.2) is 4.98 Å². The number of rotatable bonds is 7. The van der Waals surface area contributed by atoms with Gasteiger partial charge in [-0.3, -0.25) is 14.2 Å². The fourth-order valence-corrected chi connectivity index (χ4v) is 4.22. The van der Waals surface area contributed by atoms with Gasteiger partial charge in [0.1, 0.15) is 0 Å². The summed E-state index contributed by atoms with van der Waals surface area (Å²) in [6.45, 7) is 4.71. The third kappa shape index (κ3) is 4.55. The molecule has 26 heavy (non-hydrogen) atoms. The first-order valence-electron chi connectivity index (χ1n) is 9.11. The van der Waals surface area contributed by atoms with Gasteiger partial charge in [0, 0.05) is 24.8 Å². The monoisotopic (exact) mass is 371 g/mol. The van der Waals surface area contributed by atoms with E-state index in [9.17, 15) is 9.59 Å². The van der Waals surface area contributed by atoms with Crippen LogP contribution in [-0.2, 0) is 11.2 Å². The molecule has 1 aliphatic heterocycles. The minimum absolute atomic E-state index is 0.00338. The Balaban J connectivity index is 1.51. The molecule has 0 saturated carbocycles. The Morgan fingerprint density at radius 2 is 2.12 bits per heavy atom. The summed E-state index contributed by atoms with van der Waals surface area (Å²) in [6.07, 6.45) is 2.18. The van der Waals surface area contributed by atoms with E-state index in [1.807, 2.05) is 32.0 Å². The molecule has 138 valence electrons. The molecule has 1 amide bonds. The molecule has 0 radical (unpaired) electrons. The van der Waals surface area contributed by atoms with E-state index in [4.69, 9.17) is 0 Å². The van der Waals surface area contributed by atoms with Crippen LogP contribution in [0.15, 0.2) is 46.3 Å². The molecule has 6 heteroatoms. The van der Waals surface area contributed by atoms with E-state index in [-0.39, 0.29) is 23.4 Å². The Labute approximate surface area is 158 Å². The molecule has 2 heterocycles. The second-order valence-corrected chi connectivity index (χ2v) is 7.92. The number of nitrogens with one attached hydrogen (secondary N) is 1. The molecule has 0 unspecified atom stereocenters. The fraction of sp³-hybridized carbons (Fsp3) is 0.450. The summed E-state index contributed by atoms with van der Waals surface area (Å²) in [5.41, 5.74) is 2.05. The normalized spacial score (nSPS) is 15.9. The SMILES string of the molecule is CC(C)c1cc(=O)n2c(n1)SC[C@@H]2CC(=O)NCCCc1ccccc1. The number of fused-ring (bicyclic) bond motifs is 1. The van der Waals surface area contributed by atoms with Crippen molar-refractivity contribution in [2.75, 3.05) is 12.3 Å². The van der Waals surface area contributed by atoms with Crippen molar-refractivity contribution in [3.63, 3.8) is 0 Å². The van der Waals surface area contributed by atoms with E-state index in [0.29, 0.717) is 13.0 Å². The Morgan fingerprint density at radius 1 is 1.35 bits per heavy atom. The largest absolute Gasteiger partial charge is 0.356 e. The molecule has 2 aromatic rings. The third-order valence-electron chi connectivity index (χ3n) is 4.53. The van der Waals surface area contributed by atoms with Crippen molar-refractivity contribution in [2.45, 2.75) is 50.2 Å². The molecule has 1 atom stereocenters. The van der Waals surface area contributed by atoms with Gasteiger partial charge < -0.3 is 5.32 Å². The van der Waals surface area contributed by atoms with E-state index in [0.717, 1.165) is 29.4 Å². The van der Waals surface area contributed by atoms with Crippen LogP contribution in [0, 0.1) is 0 Å². The molecule has 3 rings (SSSR count). The number of hydrogen-bond donors (Lipinski definition) is 1. The Bertz CT molecular complexity index is 818. The molecule has 1 aliphatic rings. The Kier molecular flexibility index (Phi) is 6.14. The molecule has 0 spiro atoms. The average molecular weight is 372 g/mol. The summed E-state index contributed by atoms with van der Waals surface area (Å²) in [7, 11) is 0. The van der Waals surface area contributed by atoms with E-state index < -0.39 is 0 Å². The zero-order valence-electron chi connectivity index (χ0n) is 15.3. The summed E-state index contributed by atoms with van der Waals surface area (Å²) >= 11 is 1.56. The zero-order chi connectivity index (χ0) is 18.5. The quantitative estimate of drug-likeness (QED) is 0.600. The van der Waals surface area contributed by atoms with E-state index >= 15 is 0 Å². The summed E-state index contributed by atoms with van der Waals surface area (Å²) < 4.78 is 1.68. The van der Waals surface area contributed by atoms with Crippen LogP contribution >= 0.6 is 11.8 Å². The molecule has 5 nitrogen and oxygen atoms in total. The second-order valence-electron chi connectivity index (χ2n) is 6.93. The van der Waals surface area contributed by atoms with Gasteiger partial charge in [0.2, 0.25) is 5.91 Å². The van der Waals surface area contributed by atoms with Crippen LogP contribution in [0.2, 0.25) is 0 Å². The number of thioether (sulfide) groups is 1. The second kappa shape index (κ2) is 8.54. The van der Waals surface area contributed by atoms with Crippen LogP contribution in [0.25, 0.3) is 0 Å². The number of hydrogen-bond acceptors (Lipinski definition) is 4. The van der Waals surface area contributed by atoms with Crippen LogP contribution < -0.4 is 10.9 Å². The Morgan fingerprint density at radius 3 is 2.85 bits per heavy atom. The van der Waals surface area contributed by atoms with Crippen molar-refractivity contribution in [3.05, 3.63) is 58.0 Å². The lowest BCUT2D eigenvalue weighted by Crippen LogP contribution is -2.31. The maximum absolute atomic E-state index is 12.4. The van der Waals surface area contributed by atoms with Gasteiger partial charge in [-0.1, -0.05) is 55.9 Å². The third-order valence-corrected chi connectivity index (χ3v) is 5.63. The maximum atomic E-state index is 12.4. The summed E-state index contributed by atoms with van der Waals surface area (Å²) in [4.78, 5) is 29.2. The van der Waals surface area contributed by atoms with E-state index in [1.54, 1.807) is 22.4 Å². The highest BCUT2D eigenvalue weighted by Crippen LogP contribution is 2.32. The van der Waals surface area contributed by atoms with Crippen molar-refractivity contribution in [1.82, 2.24) is 14.9 Å². The highest BCUT2D eigenvalue weighted by atomic mass is 32.2. The smallest absolute Gasteiger partial charge is 0.254 e. The van der Waals surface area contributed by atoms with E-state index in [2.05, 4.69) is 22.4 Å². The number of benzene rings is 1. The van der Waals surface area contributed by atoms with Crippen molar-refractivity contribution in [1.29, 1.82) is 0 Å². The molecule has 1 N–H and O–H groups in total. The lowest BCUT2D eigenvalue weighted by molar-refractivity contribution is -0.121. The number of carbonyl (C=O) groups excluding carboxylic acids is 1. The van der Waals surface area contributed by atoms with Crippen LogP contribution in [0.1, 0.15) is 49.9 Å². The summed E-state index contributed by atoms with van der Waals surface area (Å²) in [5.74, 6) is 0.943. The van der Waals surface area contributed by atoms with Crippen LogP contribution in [-0.4, -0.2) is 27.8 Å². The standard InChI is InChI=1S/C20H25N3O2S/c1-14(2)17-12-19(25)23-16(13-26-20(23)22-17)11-18(24)21-10-6-9-15-7-4-3-5-8-15/h3-5,7-8,12,14,16H,6,9-11,13H2,1-2H3,(H,21,24)/t16-/m0/s1. The summed E-state index contributed by atoms with van der Waals surface area (Å²) in [5, 5.41) is 3.71. The topological polar surface area (TPSA) is 64.0 Å². The van der Waals surface area contributed by atoms with Gasteiger partial charge in [-0.2, -0.15) is 0 Å². The maximum Gasteiger partial charge on any atom is 0.254 e. The number of amides is 1. The van der Waals surface area contributed by atoms with Gasteiger partial charge in [-0.15, -0.1) is 0 Å². The van der Waals surface area contributed by atoms with Gasteiger partial charge in [0.05, 0.1) is 11.7 Å². The first kappa shape index (κ1) is 18.7. The first-order valence-corrected chi connectivity index (χ1v) is 10.1. The minimum Gasteiger partial charge on any atom is -0.356 e. The highest BCUT2D eigenvalue weighted by molar-refractivity contribution is 7.99. The zero-order valence-corrected chi connectivity index (χ0v) is 16.1. The molecular formula is C20H25N3O2S. The number of aromatic nitrogens is 2. The number of carbonyl (C=O) groups is 1.